The van der Waals surface area contributed by atoms with Gasteiger partial charge in [-0.05, 0) is 30.4 Å². The van der Waals surface area contributed by atoms with Gasteiger partial charge in [0.25, 0.3) is 0 Å². The van der Waals surface area contributed by atoms with Crippen LogP contribution in [0.15, 0.2) is 18.2 Å². The van der Waals surface area contributed by atoms with Crippen molar-refractivity contribution in [2.45, 2.75) is 39.7 Å². The number of para-hydroxylation sites is 1. The van der Waals surface area contributed by atoms with Crippen molar-refractivity contribution < 1.29 is 9.13 Å². The second-order valence-corrected chi connectivity index (χ2v) is 5.95. The lowest BCUT2D eigenvalue weighted by Crippen LogP contribution is -2.33. The van der Waals surface area contributed by atoms with Crippen LogP contribution >= 0.6 is 0 Å². The van der Waals surface area contributed by atoms with E-state index in [9.17, 15) is 4.39 Å². The first-order valence-electron chi connectivity index (χ1n) is 7.76. The Morgan fingerprint density at radius 3 is 2.62 bits per heavy atom. The van der Waals surface area contributed by atoms with E-state index < -0.39 is 0 Å². The third-order valence-corrected chi connectivity index (χ3v) is 3.54. The van der Waals surface area contributed by atoms with Crippen LogP contribution in [-0.2, 0) is 11.2 Å². The Balaban J connectivity index is 3.08. The van der Waals surface area contributed by atoms with E-state index in [0.717, 1.165) is 18.5 Å². The van der Waals surface area contributed by atoms with E-state index in [2.05, 4.69) is 25.7 Å². The minimum atomic E-state index is -0.174. The number of methoxy groups -OCH3 is 1. The van der Waals surface area contributed by atoms with Gasteiger partial charge in [0, 0.05) is 26.2 Å². The number of ether oxygens (including phenoxy) is 1. The van der Waals surface area contributed by atoms with Crippen molar-refractivity contribution in [3.63, 3.8) is 0 Å². The molecule has 3 nitrogen and oxygen atoms in total. The number of nitrogens with two attached hydrogens (primary N) is 1. The van der Waals surface area contributed by atoms with Crippen molar-refractivity contribution in [1.82, 2.24) is 0 Å². The molecule has 1 rings (SSSR count). The number of hydrogen-bond acceptors (Lipinski definition) is 3. The summed E-state index contributed by atoms with van der Waals surface area (Å²) in [5.74, 6) is 0.279. The van der Waals surface area contributed by atoms with Crippen molar-refractivity contribution in [3.05, 3.63) is 29.6 Å². The summed E-state index contributed by atoms with van der Waals surface area (Å²) in [5, 5.41) is 0. The Morgan fingerprint density at radius 1 is 1.33 bits per heavy atom. The third-order valence-electron chi connectivity index (χ3n) is 3.54. The van der Waals surface area contributed by atoms with Crippen molar-refractivity contribution >= 4 is 5.69 Å². The zero-order chi connectivity index (χ0) is 15.8. The molecule has 0 aliphatic carbocycles. The molecule has 1 aromatic rings. The van der Waals surface area contributed by atoms with Crippen molar-refractivity contribution in [1.29, 1.82) is 0 Å². The average molecular weight is 296 g/mol. The van der Waals surface area contributed by atoms with E-state index in [-0.39, 0.29) is 11.9 Å². The Kier molecular flexibility index (Phi) is 7.68. The lowest BCUT2D eigenvalue weighted by molar-refractivity contribution is 0.204. The van der Waals surface area contributed by atoms with Gasteiger partial charge in [-0.25, -0.2) is 4.39 Å². The van der Waals surface area contributed by atoms with Gasteiger partial charge in [-0.3, -0.25) is 0 Å². The first kappa shape index (κ1) is 17.9. The molecule has 0 bridgehead atoms. The second kappa shape index (κ2) is 9.00. The zero-order valence-corrected chi connectivity index (χ0v) is 13.7. The van der Waals surface area contributed by atoms with Gasteiger partial charge >= 0.3 is 0 Å². The fourth-order valence-corrected chi connectivity index (χ4v) is 2.44. The van der Waals surface area contributed by atoms with Gasteiger partial charge in [0.05, 0.1) is 12.3 Å². The number of hydrogen-bond donors (Lipinski definition) is 1. The van der Waals surface area contributed by atoms with Gasteiger partial charge in [-0.1, -0.05) is 32.9 Å². The third kappa shape index (κ3) is 5.64. The topological polar surface area (TPSA) is 38.5 Å². The molecular formula is C17H29FN2O. The van der Waals surface area contributed by atoms with Crippen LogP contribution in [0, 0.1) is 11.7 Å². The SMILES string of the molecule is CCC(N)Cc1cccc(F)c1N(CCOC)CC(C)C. The van der Waals surface area contributed by atoms with Gasteiger partial charge in [-0.2, -0.15) is 0 Å². The summed E-state index contributed by atoms with van der Waals surface area (Å²) < 4.78 is 19.6. The number of nitrogens with zero attached hydrogens (tertiary/aromatic N) is 1. The second-order valence-electron chi connectivity index (χ2n) is 5.95. The minimum absolute atomic E-state index is 0.0638. The molecule has 1 unspecified atom stereocenters. The van der Waals surface area contributed by atoms with Crippen LogP contribution in [0.5, 0.6) is 0 Å². The summed E-state index contributed by atoms with van der Waals surface area (Å²) in [6.45, 7) is 8.40. The van der Waals surface area contributed by atoms with Crippen LogP contribution in [-0.4, -0.2) is 32.8 Å². The lowest BCUT2D eigenvalue weighted by atomic mass is 10.0. The highest BCUT2D eigenvalue weighted by Gasteiger charge is 2.18. The molecule has 120 valence electrons. The van der Waals surface area contributed by atoms with Gasteiger partial charge in [-0.15, -0.1) is 0 Å². The van der Waals surface area contributed by atoms with E-state index >= 15 is 0 Å². The fraction of sp³-hybridized carbons (Fsp3) is 0.647. The molecule has 0 fully saturated rings. The predicted molar refractivity (Wildman–Crippen MR) is 87.3 cm³/mol. The molecule has 0 heterocycles. The molecule has 0 aliphatic heterocycles. The monoisotopic (exact) mass is 296 g/mol. The highest BCUT2D eigenvalue weighted by molar-refractivity contribution is 5.55. The van der Waals surface area contributed by atoms with E-state index in [1.807, 2.05) is 6.07 Å². The molecule has 0 aromatic heterocycles. The highest BCUT2D eigenvalue weighted by atomic mass is 19.1. The van der Waals surface area contributed by atoms with Crippen LogP contribution < -0.4 is 10.6 Å². The molecular weight excluding hydrogens is 267 g/mol. The molecule has 2 N–H and O–H groups in total. The van der Waals surface area contributed by atoms with Crippen LogP contribution in [0.4, 0.5) is 10.1 Å². The molecule has 0 saturated carbocycles. The predicted octanol–water partition coefficient (Wildman–Crippen LogP) is 3.21. The molecule has 1 atom stereocenters. The molecule has 4 heteroatoms. The van der Waals surface area contributed by atoms with E-state index in [0.29, 0.717) is 31.2 Å². The molecule has 21 heavy (non-hydrogen) atoms. The summed E-state index contributed by atoms with van der Waals surface area (Å²) in [7, 11) is 1.67. The number of rotatable bonds is 9. The first-order chi connectivity index (χ1) is 9.99. The maximum absolute atomic E-state index is 14.4. The molecule has 0 radical (unpaired) electrons. The maximum atomic E-state index is 14.4. The van der Waals surface area contributed by atoms with E-state index in [1.54, 1.807) is 13.2 Å². The summed E-state index contributed by atoms with van der Waals surface area (Å²) in [6.07, 6.45) is 1.59. The van der Waals surface area contributed by atoms with Crippen molar-refractivity contribution in [3.8, 4) is 0 Å². The molecule has 0 amide bonds. The van der Waals surface area contributed by atoms with Crippen molar-refractivity contribution in [2.75, 3.05) is 31.7 Å². The lowest BCUT2D eigenvalue weighted by Gasteiger charge is -2.29. The molecule has 0 aliphatic rings. The van der Waals surface area contributed by atoms with Gasteiger partial charge in [0.1, 0.15) is 5.82 Å². The Bertz CT molecular complexity index is 423. The highest BCUT2D eigenvalue weighted by Crippen LogP contribution is 2.26. The van der Waals surface area contributed by atoms with Crippen LogP contribution in [0.25, 0.3) is 0 Å². The summed E-state index contributed by atoms with van der Waals surface area (Å²) in [4.78, 5) is 2.08. The van der Waals surface area contributed by atoms with Crippen LogP contribution in [0.3, 0.4) is 0 Å². The Labute approximate surface area is 128 Å². The maximum Gasteiger partial charge on any atom is 0.146 e. The summed E-state index contributed by atoms with van der Waals surface area (Å²) >= 11 is 0. The van der Waals surface area contributed by atoms with Gasteiger partial charge in [0.2, 0.25) is 0 Å². The average Bonchev–Trinajstić information content (AvgIpc) is 2.43. The first-order valence-corrected chi connectivity index (χ1v) is 7.76. The quantitative estimate of drug-likeness (QED) is 0.760. The Hall–Kier alpha value is -1.13. The summed E-state index contributed by atoms with van der Waals surface area (Å²) in [6, 6.07) is 5.33. The zero-order valence-electron chi connectivity index (χ0n) is 13.7. The summed E-state index contributed by atoms with van der Waals surface area (Å²) in [5.41, 5.74) is 7.73. The Morgan fingerprint density at radius 2 is 2.05 bits per heavy atom. The number of anilines is 1. The van der Waals surface area contributed by atoms with Crippen LogP contribution in [0.1, 0.15) is 32.8 Å². The molecule has 1 aromatic carbocycles. The fourth-order valence-electron chi connectivity index (χ4n) is 2.44. The normalized spacial score (nSPS) is 12.7. The number of halogens is 1. The van der Waals surface area contributed by atoms with E-state index in [1.165, 1.54) is 6.07 Å². The van der Waals surface area contributed by atoms with E-state index in [4.69, 9.17) is 10.5 Å². The smallest absolute Gasteiger partial charge is 0.146 e. The van der Waals surface area contributed by atoms with Gasteiger partial charge in [0.15, 0.2) is 0 Å². The molecule has 0 spiro atoms. The van der Waals surface area contributed by atoms with Crippen molar-refractivity contribution in [2.24, 2.45) is 11.7 Å². The number of benzene rings is 1. The molecule has 0 saturated heterocycles. The van der Waals surface area contributed by atoms with Gasteiger partial charge < -0.3 is 15.4 Å². The van der Waals surface area contributed by atoms with Crippen LogP contribution in [0.2, 0.25) is 0 Å². The standard InChI is InChI=1S/C17H29FN2O/c1-5-15(19)11-14-7-6-8-16(18)17(14)20(9-10-21-4)12-13(2)3/h6-8,13,15H,5,9-12,19H2,1-4H3. The minimum Gasteiger partial charge on any atom is -0.383 e. The largest absolute Gasteiger partial charge is 0.383 e.